The second-order valence-corrected chi connectivity index (χ2v) is 6.43. The molecule has 0 bridgehead atoms. The number of methoxy groups -OCH3 is 1. The number of sulfonamides is 1. The topological polar surface area (TPSA) is 81.4 Å². The fourth-order valence-corrected chi connectivity index (χ4v) is 3.37. The van der Waals surface area contributed by atoms with Crippen molar-refractivity contribution in [1.82, 2.24) is 4.72 Å². The minimum Gasteiger partial charge on any atom is -0.385 e. The number of rotatable bonds is 9. The summed E-state index contributed by atoms with van der Waals surface area (Å²) in [6.07, 6.45) is 2.69. The summed E-state index contributed by atoms with van der Waals surface area (Å²) in [4.78, 5) is 0.317. The molecular formula is C14H24N2O3S. The maximum absolute atomic E-state index is 12.2. The number of hydrogen-bond donors (Lipinski definition) is 2. The zero-order chi connectivity index (χ0) is 15.0. The van der Waals surface area contributed by atoms with Gasteiger partial charge in [-0.3, -0.25) is 0 Å². The van der Waals surface area contributed by atoms with Gasteiger partial charge in [-0.05, 0) is 43.4 Å². The first kappa shape index (κ1) is 17.1. The molecule has 3 N–H and O–H groups in total. The highest BCUT2D eigenvalue weighted by atomic mass is 32.2. The lowest BCUT2D eigenvalue weighted by molar-refractivity contribution is 0.192. The number of ether oxygens (including phenoxy) is 1. The minimum absolute atomic E-state index is 0.317. The Morgan fingerprint density at radius 3 is 2.65 bits per heavy atom. The first-order valence-corrected chi connectivity index (χ1v) is 8.28. The lowest BCUT2D eigenvalue weighted by Crippen LogP contribution is -2.26. The van der Waals surface area contributed by atoms with Crippen LogP contribution in [0.1, 0.15) is 30.4 Å². The van der Waals surface area contributed by atoms with Crippen molar-refractivity contribution in [3.63, 3.8) is 0 Å². The molecule has 1 rings (SSSR count). The summed E-state index contributed by atoms with van der Waals surface area (Å²) in [6, 6.07) is 5.18. The highest BCUT2D eigenvalue weighted by Gasteiger charge is 2.17. The predicted octanol–water partition coefficient (Wildman–Crippen LogP) is 1.55. The van der Waals surface area contributed by atoms with Crippen LogP contribution in [0.4, 0.5) is 0 Å². The van der Waals surface area contributed by atoms with Crippen LogP contribution in [0, 0.1) is 6.92 Å². The molecule has 1 aromatic rings. The number of hydrogen-bond acceptors (Lipinski definition) is 4. The van der Waals surface area contributed by atoms with Gasteiger partial charge in [0.15, 0.2) is 0 Å². The molecule has 0 saturated heterocycles. The van der Waals surface area contributed by atoms with E-state index in [-0.39, 0.29) is 0 Å². The second-order valence-electron chi connectivity index (χ2n) is 4.70. The van der Waals surface area contributed by atoms with E-state index < -0.39 is 10.0 Å². The van der Waals surface area contributed by atoms with E-state index in [1.807, 2.05) is 6.07 Å². The molecular weight excluding hydrogens is 276 g/mol. The van der Waals surface area contributed by atoms with Crippen LogP contribution in [-0.2, 0) is 21.3 Å². The third-order valence-electron chi connectivity index (χ3n) is 3.22. The molecule has 6 heteroatoms. The summed E-state index contributed by atoms with van der Waals surface area (Å²) in [5.74, 6) is 0. The van der Waals surface area contributed by atoms with E-state index in [0.717, 1.165) is 30.4 Å². The van der Waals surface area contributed by atoms with Crippen molar-refractivity contribution >= 4 is 10.0 Å². The molecule has 0 spiro atoms. The van der Waals surface area contributed by atoms with Crippen LogP contribution in [0.3, 0.4) is 0 Å². The smallest absolute Gasteiger partial charge is 0.240 e. The molecule has 0 amide bonds. The first-order valence-electron chi connectivity index (χ1n) is 6.80. The van der Waals surface area contributed by atoms with Gasteiger partial charge in [-0.25, -0.2) is 13.1 Å². The van der Waals surface area contributed by atoms with Crippen molar-refractivity contribution in [3.05, 3.63) is 29.3 Å². The van der Waals surface area contributed by atoms with Crippen molar-refractivity contribution in [3.8, 4) is 0 Å². The van der Waals surface area contributed by atoms with Gasteiger partial charge in [0, 0.05) is 26.8 Å². The molecule has 0 aliphatic rings. The maximum Gasteiger partial charge on any atom is 0.240 e. The molecule has 0 aliphatic heterocycles. The molecule has 0 radical (unpaired) electrons. The molecule has 0 aliphatic carbocycles. The van der Waals surface area contributed by atoms with Crippen molar-refractivity contribution in [2.24, 2.45) is 5.73 Å². The van der Waals surface area contributed by atoms with Gasteiger partial charge in [0.05, 0.1) is 4.90 Å². The van der Waals surface area contributed by atoms with Gasteiger partial charge < -0.3 is 10.5 Å². The first-order chi connectivity index (χ1) is 9.53. The molecule has 0 unspecified atom stereocenters. The van der Waals surface area contributed by atoms with Crippen LogP contribution >= 0.6 is 0 Å². The van der Waals surface area contributed by atoms with E-state index in [9.17, 15) is 8.42 Å². The molecule has 0 aromatic heterocycles. The van der Waals surface area contributed by atoms with E-state index in [0.29, 0.717) is 24.6 Å². The predicted molar refractivity (Wildman–Crippen MR) is 80.0 cm³/mol. The highest BCUT2D eigenvalue weighted by Crippen LogP contribution is 2.18. The number of nitrogens with two attached hydrogens (primary N) is 1. The van der Waals surface area contributed by atoms with E-state index in [4.69, 9.17) is 10.5 Å². The van der Waals surface area contributed by atoms with Gasteiger partial charge in [-0.2, -0.15) is 0 Å². The van der Waals surface area contributed by atoms with Crippen LogP contribution in [-0.4, -0.2) is 28.7 Å². The normalized spacial score (nSPS) is 11.8. The van der Waals surface area contributed by atoms with Crippen molar-refractivity contribution in [2.75, 3.05) is 20.3 Å². The Kier molecular flexibility index (Phi) is 7.15. The van der Waals surface area contributed by atoms with E-state index in [2.05, 4.69) is 4.72 Å². The van der Waals surface area contributed by atoms with Crippen LogP contribution < -0.4 is 10.5 Å². The lowest BCUT2D eigenvalue weighted by atomic mass is 10.1. The summed E-state index contributed by atoms with van der Waals surface area (Å²) in [5.41, 5.74) is 7.18. The Labute approximate surface area is 121 Å². The molecule has 0 saturated carbocycles. The van der Waals surface area contributed by atoms with Crippen LogP contribution in [0.25, 0.3) is 0 Å². The van der Waals surface area contributed by atoms with Crippen molar-refractivity contribution in [1.29, 1.82) is 0 Å². The zero-order valence-corrected chi connectivity index (χ0v) is 13.0. The average molecular weight is 300 g/mol. The molecule has 20 heavy (non-hydrogen) atoms. The molecule has 114 valence electrons. The fraction of sp³-hybridized carbons (Fsp3) is 0.571. The Morgan fingerprint density at radius 1 is 1.25 bits per heavy atom. The van der Waals surface area contributed by atoms with E-state index in [1.54, 1.807) is 26.2 Å². The maximum atomic E-state index is 12.2. The Bertz CT molecular complexity index is 515. The quantitative estimate of drug-likeness (QED) is 0.678. The summed E-state index contributed by atoms with van der Waals surface area (Å²) < 4.78 is 32.1. The summed E-state index contributed by atoms with van der Waals surface area (Å²) in [7, 11) is -1.79. The fourth-order valence-electron chi connectivity index (χ4n) is 2.00. The molecule has 1 aromatic carbocycles. The Balaban J connectivity index is 2.61. The number of nitrogens with one attached hydrogen (secondary N) is 1. The average Bonchev–Trinajstić information content (AvgIpc) is 2.42. The van der Waals surface area contributed by atoms with Gasteiger partial charge in [0.1, 0.15) is 0 Å². The Morgan fingerprint density at radius 2 is 2.00 bits per heavy atom. The summed E-state index contributed by atoms with van der Waals surface area (Å²) >= 11 is 0. The second kappa shape index (κ2) is 8.36. The van der Waals surface area contributed by atoms with Gasteiger partial charge in [-0.1, -0.05) is 12.1 Å². The number of unbranched alkanes of at least 4 members (excludes halogenated alkanes) is 2. The van der Waals surface area contributed by atoms with Crippen molar-refractivity contribution < 1.29 is 13.2 Å². The van der Waals surface area contributed by atoms with Gasteiger partial charge >= 0.3 is 0 Å². The molecule has 0 fully saturated rings. The standard InChI is InChI=1S/C14H24N2O3S/c1-12-13(11-15)7-6-8-14(12)20(17,18)16-9-4-3-5-10-19-2/h6-8,16H,3-5,9-11,15H2,1-2H3. The monoisotopic (exact) mass is 300 g/mol. The largest absolute Gasteiger partial charge is 0.385 e. The Hall–Kier alpha value is -0.950. The third kappa shape index (κ3) is 4.86. The lowest BCUT2D eigenvalue weighted by Gasteiger charge is -2.11. The highest BCUT2D eigenvalue weighted by molar-refractivity contribution is 7.89. The SMILES string of the molecule is COCCCCCNS(=O)(=O)c1cccc(CN)c1C. The van der Waals surface area contributed by atoms with E-state index >= 15 is 0 Å². The molecule has 0 heterocycles. The van der Waals surface area contributed by atoms with E-state index in [1.165, 1.54) is 0 Å². The summed E-state index contributed by atoms with van der Waals surface area (Å²) in [6.45, 7) is 3.28. The minimum atomic E-state index is -3.45. The van der Waals surface area contributed by atoms with Crippen molar-refractivity contribution in [2.45, 2.75) is 37.6 Å². The van der Waals surface area contributed by atoms with Crippen LogP contribution in [0.2, 0.25) is 0 Å². The molecule has 0 atom stereocenters. The van der Waals surface area contributed by atoms with Gasteiger partial charge in [0.25, 0.3) is 0 Å². The third-order valence-corrected chi connectivity index (χ3v) is 4.83. The van der Waals surface area contributed by atoms with Crippen LogP contribution in [0.5, 0.6) is 0 Å². The summed E-state index contributed by atoms with van der Waals surface area (Å²) in [5, 5.41) is 0. The van der Waals surface area contributed by atoms with Gasteiger partial charge in [0.2, 0.25) is 10.0 Å². The van der Waals surface area contributed by atoms with Gasteiger partial charge in [-0.15, -0.1) is 0 Å². The molecule has 5 nitrogen and oxygen atoms in total. The zero-order valence-electron chi connectivity index (χ0n) is 12.2. The van der Waals surface area contributed by atoms with Crippen LogP contribution in [0.15, 0.2) is 23.1 Å². The number of benzene rings is 1.